The second-order valence-electron chi connectivity index (χ2n) is 4.16. The number of hydrogen-bond donors (Lipinski definition) is 1. The molecule has 21 heavy (non-hydrogen) atoms. The summed E-state index contributed by atoms with van der Waals surface area (Å²) >= 11 is 5.76. The number of allylic oxidation sites excluding steroid dienone is 1. The third-order valence-corrected chi connectivity index (χ3v) is 2.96. The number of fused-ring (bicyclic) bond motifs is 1. The first-order valence-corrected chi connectivity index (χ1v) is 6.48. The topological polar surface area (TPSA) is 74.7 Å². The predicted octanol–water partition coefficient (Wildman–Crippen LogP) is 3.85. The van der Waals surface area contributed by atoms with E-state index in [0.717, 1.165) is 0 Å². The highest BCUT2D eigenvalue weighted by molar-refractivity contribution is 6.30. The largest absolute Gasteiger partial charge is 0.435 e. The summed E-state index contributed by atoms with van der Waals surface area (Å²) in [5.41, 5.74) is 1.62. The van der Waals surface area contributed by atoms with Crippen molar-refractivity contribution in [3.8, 4) is 6.07 Å². The normalized spacial score (nSPS) is 11.3. The maximum Gasteiger partial charge on any atom is 0.239 e. The van der Waals surface area contributed by atoms with E-state index in [9.17, 15) is 5.26 Å². The highest BCUT2D eigenvalue weighted by Gasteiger charge is 2.10. The van der Waals surface area contributed by atoms with Crippen LogP contribution in [0.15, 0.2) is 53.2 Å². The molecule has 0 saturated heterocycles. The highest BCUT2D eigenvalue weighted by atomic mass is 35.5. The first-order chi connectivity index (χ1) is 10.3. The molecule has 3 rings (SSSR count). The molecule has 0 fully saturated rings. The molecule has 0 bridgehead atoms. The zero-order chi connectivity index (χ0) is 14.7. The number of nitrogens with one attached hydrogen (secondary N) is 1. The van der Waals surface area contributed by atoms with E-state index in [1.54, 1.807) is 18.2 Å². The smallest absolute Gasteiger partial charge is 0.239 e. The molecule has 0 saturated carbocycles. The fourth-order valence-corrected chi connectivity index (χ4v) is 1.85. The number of nitrogens with zero attached hydrogens (tertiary/aromatic N) is 3. The van der Waals surface area contributed by atoms with Gasteiger partial charge in [0.2, 0.25) is 5.89 Å². The zero-order valence-electron chi connectivity index (χ0n) is 10.7. The average Bonchev–Trinajstić information content (AvgIpc) is 2.93. The summed E-state index contributed by atoms with van der Waals surface area (Å²) in [5, 5.41) is 12.7. The number of halogens is 1. The van der Waals surface area contributed by atoms with Gasteiger partial charge in [-0.25, -0.2) is 9.97 Å². The van der Waals surface area contributed by atoms with Gasteiger partial charge in [0, 0.05) is 12.4 Å². The summed E-state index contributed by atoms with van der Waals surface area (Å²) in [6.45, 7) is 0. The van der Waals surface area contributed by atoms with Gasteiger partial charge in [-0.15, -0.1) is 0 Å². The third-order valence-electron chi connectivity index (χ3n) is 2.74. The second-order valence-corrected chi connectivity index (χ2v) is 4.60. The van der Waals surface area contributed by atoms with Crippen molar-refractivity contribution in [1.29, 1.82) is 5.26 Å². The molecule has 0 atom stereocenters. The highest BCUT2D eigenvalue weighted by Crippen LogP contribution is 2.20. The quantitative estimate of drug-likeness (QED) is 0.743. The van der Waals surface area contributed by atoms with E-state index in [0.29, 0.717) is 21.9 Å². The summed E-state index contributed by atoms with van der Waals surface area (Å²) in [5.74, 6) is 0.837. The van der Waals surface area contributed by atoms with Gasteiger partial charge in [0.15, 0.2) is 5.58 Å². The molecule has 2 heterocycles. The van der Waals surface area contributed by atoms with E-state index in [1.807, 2.05) is 24.3 Å². The van der Waals surface area contributed by atoms with Crippen molar-refractivity contribution in [2.24, 2.45) is 0 Å². The third kappa shape index (κ3) is 2.86. The minimum Gasteiger partial charge on any atom is -0.435 e. The second kappa shape index (κ2) is 5.65. The molecule has 0 aliphatic heterocycles. The molecule has 1 N–H and O–H groups in total. The van der Waals surface area contributed by atoms with Crippen molar-refractivity contribution in [3.63, 3.8) is 0 Å². The van der Waals surface area contributed by atoms with E-state index in [-0.39, 0.29) is 11.5 Å². The van der Waals surface area contributed by atoms with Crippen LogP contribution in [0.1, 0.15) is 5.89 Å². The van der Waals surface area contributed by atoms with Crippen molar-refractivity contribution in [2.75, 3.05) is 5.32 Å². The molecule has 3 aromatic rings. The van der Waals surface area contributed by atoms with Gasteiger partial charge in [0.05, 0.1) is 5.02 Å². The number of benzene rings is 1. The number of rotatable bonds is 3. The van der Waals surface area contributed by atoms with E-state index in [1.165, 1.54) is 12.4 Å². The predicted molar refractivity (Wildman–Crippen MR) is 80.5 cm³/mol. The lowest BCUT2D eigenvalue weighted by Gasteiger charge is -1.99. The maximum atomic E-state index is 9.23. The summed E-state index contributed by atoms with van der Waals surface area (Å²) in [6, 6.07) is 12.8. The molecule has 2 aromatic heterocycles. The lowest BCUT2D eigenvalue weighted by Crippen LogP contribution is -1.93. The van der Waals surface area contributed by atoms with Gasteiger partial charge in [-0.1, -0.05) is 23.7 Å². The van der Waals surface area contributed by atoms with Crippen LogP contribution in [-0.2, 0) is 0 Å². The van der Waals surface area contributed by atoms with Gasteiger partial charge in [0.1, 0.15) is 23.0 Å². The van der Waals surface area contributed by atoms with E-state index >= 15 is 0 Å². The SMILES string of the molecule is N#C/C(=C\Nc1ccc(Cl)cn1)c1nc2ccccc2o1. The number of nitriles is 1. The molecule has 5 nitrogen and oxygen atoms in total. The van der Waals surface area contributed by atoms with Gasteiger partial charge < -0.3 is 9.73 Å². The lowest BCUT2D eigenvalue weighted by molar-refractivity contribution is 0.586. The molecular weight excluding hydrogens is 288 g/mol. The zero-order valence-corrected chi connectivity index (χ0v) is 11.5. The molecular formula is C15H9ClN4O. The fourth-order valence-electron chi connectivity index (χ4n) is 1.74. The van der Waals surface area contributed by atoms with Crippen LogP contribution in [0, 0.1) is 11.3 Å². The van der Waals surface area contributed by atoms with Crippen LogP contribution in [0.5, 0.6) is 0 Å². The van der Waals surface area contributed by atoms with Crippen molar-refractivity contribution >= 4 is 34.1 Å². The van der Waals surface area contributed by atoms with Crippen LogP contribution < -0.4 is 5.32 Å². The standard InChI is InChI=1S/C15H9ClN4O/c16-11-5-6-14(19-9-11)18-8-10(7-17)15-20-12-3-1-2-4-13(12)21-15/h1-6,8-9H,(H,18,19)/b10-8+. The summed E-state index contributed by atoms with van der Waals surface area (Å²) in [6.07, 6.45) is 3.02. The minimum absolute atomic E-state index is 0.264. The average molecular weight is 297 g/mol. The number of oxazole rings is 1. The van der Waals surface area contributed by atoms with E-state index in [4.69, 9.17) is 16.0 Å². The van der Waals surface area contributed by atoms with Crippen LogP contribution in [0.3, 0.4) is 0 Å². The van der Waals surface area contributed by atoms with Crippen LogP contribution in [-0.4, -0.2) is 9.97 Å². The van der Waals surface area contributed by atoms with Gasteiger partial charge in [-0.05, 0) is 24.3 Å². The van der Waals surface area contributed by atoms with Crippen molar-refractivity contribution in [1.82, 2.24) is 9.97 Å². The first-order valence-electron chi connectivity index (χ1n) is 6.10. The molecule has 102 valence electrons. The number of pyridine rings is 1. The Kier molecular flexibility index (Phi) is 3.54. The van der Waals surface area contributed by atoms with Crippen molar-refractivity contribution in [3.05, 3.63) is 59.7 Å². The number of hydrogen-bond acceptors (Lipinski definition) is 5. The van der Waals surface area contributed by atoms with Gasteiger partial charge in [-0.2, -0.15) is 5.26 Å². The Bertz CT molecular complexity index is 813. The van der Waals surface area contributed by atoms with Gasteiger partial charge in [-0.3, -0.25) is 0 Å². The Morgan fingerprint density at radius 1 is 1.29 bits per heavy atom. The molecule has 0 amide bonds. The molecule has 0 unspecified atom stereocenters. The van der Waals surface area contributed by atoms with Crippen molar-refractivity contribution in [2.45, 2.75) is 0 Å². The number of aromatic nitrogens is 2. The van der Waals surface area contributed by atoms with Gasteiger partial charge >= 0.3 is 0 Å². The van der Waals surface area contributed by atoms with E-state index in [2.05, 4.69) is 15.3 Å². The van der Waals surface area contributed by atoms with Crippen LogP contribution >= 0.6 is 11.6 Å². The van der Waals surface area contributed by atoms with Crippen LogP contribution in [0.2, 0.25) is 5.02 Å². The molecule has 0 radical (unpaired) electrons. The summed E-state index contributed by atoms with van der Waals surface area (Å²) < 4.78 is 5.55. The number of anilines is 1. The fraction of sp³-hybridized carbons (Fsp3) is 0. The van der Waals surface area contributed by atoms with Crippen LogP contribution in [0.25, 0.3) is 16.7 Å². The summed E-state index contributed by atoms with van der Waals surface area (Å²) in [4.78, 5) is 8.34. The Hall–Kier alpha value is -2.84. The molecule has 6 heteroatoms. The van der Waals surface area contributed by atoms with Crippen molar-refractivity contribution < 1.29 is 4.42 Å². The molecule has 0 spiro atoms. The Morgan fingerprint density at radius 3 is 2.86 bits per heavy atom. The molecule has 0 aliphatic rings. The lowest BCUT2D eigenvalue weighted by atomic mass is 10.3. The minimum atomic E-state index is 0.264. The summed E-state index contributed by atoms with van der Waals surface area (Å²) in [7, 11) is 0. The maximum absolute atomic E-state index is 9.23. The monoisotopic (exact) mass is 296 g/mol. The van der Waals surface area contributed by atoms with E-state index < -0.39 is 0 Å². The number of para-hydroxylation sites is 2. The molecule has 1 aromatic carbocycles. The molecule has 0 aliphatic carbocycles. The Balaban J connectivity index is 1.89. The van der Waals surface area contributed by atoms with Gasteiger partial charge in [0.25, 0.3) is 0 Å². The van der Waals surface area contributed by atoms with Crippen LogP contribution in [0.4, 0.5) is 5.82 Å². The Labute approximate surface area is 125 Å². The first kappa shape index (κ1) is 13.2. The Morgan fingerprint density at radius 2 is 2.14 bits per heavy atom.